The molecule has 0 bridgehead atoms. The predicted molar refractivity (Wildman–Crippen MR) is 75.9 cm³/mol. The number of nitrogens with one attached hydrogen (secondary N) is 1. The largest absolute Gasteiger partial charge is 0.478 e. The molecule has 108 valence electrons. The summed E-state index contributed by atoms with van der Waals surface area (Å²) in [4.78, 5) is 24.5. The fourth-order valence-electron chi connectivity index (χ4n) is 2.61. The number of aromatic carboxylic acids is 1. The van der Waals surface area contributed by atoms with Gasteiger partial charge < -0.3 is 15.3 Å². The topological polar surface area (TPSA) is 69.6 Å². The molecule has 0 saturated carbocycles. The Morgan fingerprint density at radius 1 is 1.45 bits per heavy atom. The third-order valence-electron chi connectivity index (χ3n) is 3.60. The molecule has 20 heavy (non-hydrogen) atoms. The van der Waals surface area contributed by atoms with E-state index in [2.05, 4.69) is 5.32 Å². The van der Waals surface area contributed by atoms with Crippen molar-refractivity contribution < 1.29 is 14.7 Å². The maximum atomic E-state index is 11.7. The second-order valence-corrected chi connectivity index (χ2v) is 5.15. The van der Waals surface area contributed by atoms with E-state index in [0.29, 0.717) is 18.0 Å². The number of hydrogen-bond acceptors (Lipinski definition) is 2. The van der Waals surface area contributed by atoms with Crippen LogP contribution in [0.2, 0.25) is 0 Å². The Balaban J connectivity index is 1.93. The number of carboxylic acid groups (broad SMARTS) is 1. The smallest absolute Gasteiger partial charge is 0.335 e. The van der Waals surface area contributed by atoms with Gasteiger partial charge in [0.2, 0.25) is 0 Å². The molecule has 1 saturated heterocycles. The summed E-state index contributed by atoms with van der Waals surface area (Å²) in [6, 6.07) is 7.03. The molecule has 5 heteroatoms. The second kappa shape index (κ2) is 6.41. The highest BCUT2D eigenvalue weighted by Crippen LogP contribution is 2.21. The molecular weight excluding hydrogens is 256 g/mol. The third kappa shape index (κ3) is 3.50. The summed E-state index contributed by atoms with van der Waals surface area (Å²) >= 11 is 0. The highest BCUT2D eigenvalue weighted by Gasteiger charge is 2.26. The number of likely N-dealkylation sites (tertiary alicyclic amines) is 1. The third-order valence-corrected chi connectivity index (χ3v) is 3.60. The number of carbonyl (C=O) groups excluding carboxylic acids is 1. The van der Waals surface area contributed by atoms with E-state index < -0.39 is 5.97 Å². The summed E-state index contributed by atoms with van der Waals surface area (Å²) in [5.41, 5.74) is 1.34. The Bertz CT molecular complexity index is 502. The summed E-state index contributed by atoms with van der Waals surface area (Å²) in [7, 11) is 0. The number of carboxylic acids is 1. The second-order valence-electron chi connectivity index (χ2n) is 5.15. The lowest BCUT2D eigenvalue weighted by molar-refractivity contribution is 0.0696. The molecule has 1 aromatic rings. The van der Waals surface area contributed by atoms with Gasteiger partial charge in [0.05, 0.1) is 5.56 Å². The monoisotopic (exact) mass is 276 g/mol. The maximum Gasteiger partial charge on any atom is 0.335 e. The van der Waals surface area contributed by atoms with Gasteiger partial charge in [0.25, 0.3) is 0 Å². The molecule has 1 aliphatic heterocycles. The highest BCUT2D eigenvalue weighted by molar-refractivity contribution is 5.87. The molecule has 5 nitrogen and oxygen atoms in total. The van der Waals surface area contributed by atoms with Gasteiger partial charge in [0, 0.05) is 19.6 Å². The molecule has 2 N–H and O–H groups in total. The average Bonchev–Trinajstić information content (AvgIpc) is 2.88. The van der Waals surface area contributed by atoms with Gasteiger partial charge in [-0.05, 0) is 43.4 Å². The van der Waals surface area contributed by atoms with Crippen LogP contribution in [0.15, 0.2) is 24.3 Å². The average molecular weight is 276 g/mol. The predicted octanol–water partition coefficient (Wildman–Crippen LogP) is 1.98. The van der Waals surface area contributed by atoms with E-state index in [1.165, 1.54) is 0 Å². The molecule has 0 aliphatic carbocycles. The first-order chi connectivity index (χ1) is 9.60. The van der Waals surface area contributed by atoms with Crippen molar-refractivity contribution in [2.24, 2.45) is 5.92 Å². The van der Waals surface area contributed by atoms with Crippen molar-refractivity contribution in [3.63, 3.8) is 0 Å². The van der Waals surface area contributed by atoms with Crippen molar-refractivity contribution in [2.45, 2.75) is 19.8 Å². The number of rotatable bonds is 4. The first-order valence-electron chi connectivity index (χ1n) is 6.95. The molecule has 1 heterocycles. The van der Waals surface area contributed by atoms with Crippen LogP contribution in [0.1, 0.15) is 29.3 Å². The van der Waals surface area contributed by atoms with Gasteiger partial charge >= 0.3 is 12.0 Å². The molecule has 1 atom stereocenters. The van der Waals surface area contributed by atoms with Crippen LogP contribution in [0.25, 0.3) is 0 Å². The number of urea groups is 1. The van der Waals surface area contributed by atoms with E-state index in [4.69, 9.17) is 5.11 Å². The minimum absolute atomic E-state index is 0.00529. The lowest BCUT2D eigenvalue weighted by atomic mass is 9.97. The van der Waals surface area contributed by atoms with E-state index >= 15 is 0 Å². The van der Waals surface area contributed by atoms with E-state index in [1.54, 1.807) is 18.2 Å². The van der Waals surface area contributed by atoms with E-state index in [0.717, 1.165) is 31.5 Å². The van der Waals surface area contributed by atoms with Crippen LogP contribution in [-0.2, 0) is 6.42 Å². The number of hydrogen-bond donors (Lipinski definition) is 2. The van der Waals surface area contributed by atoms with Gasteiger partial charge in [-0.15, -0.1) is 0 Å². The van der Waals surface area contributed by atoms with Gasteiger partial charge in [-0.1, -0.05) is 12.1 Å². The Hall–Kier alpha value is -2.04. The van der Waals surface area contributed by atoms with Crippen molar-refractivity contribution >= 4 is 12.0 Å². The summed E-state index contributed by atoms with van der Waals surface area (Å²) in [5, 5.41) is 11.8. The molecule has 2 amide bonds. The van der Waals surface area contributed by atoms with Crippen molar-refractivity contribution in [3.05, 3.63) is 35.4 Å². The molecule has 1 aromatic carbocycles. The molecule has 1 fully saturated rings. The normalized spacial score (nSPS) is 18.1. The molecule has 1 unspecified atom stereocenters. The summed E-state index contributed by atoms with van der Waals surface area (Å²) in [5.74, 6) is -0.496. The lowest BCUT2D eigenvalue weighted by Crippen LogP contribution is -2.38. The zero-order valence-electron chi connectivity index (χ0n) is 11.6. The molecule has 0 radical (unpaired) electrons. The number of nitrogens with zero attached hydrogens (tertiary/aromatic N) is 1. The van der Waals surface area contributed by atoms with E-state index in [-0.39, 0.29) is 6.03 Å². The van der Waals surface area contributed by atoms with Gasteiger partial charge in [-0.25, -0.2) is 9.59 Å². The number of amides is 2. The number of carbonyl (C=O) groups is 2. The lowest BCUT2D eigenvalue weighted by Gasteiger charge is -2.16. The molecule has 0 spiro atoms. The zero-order valence-corrected chi connectivity index (χ0v) is 11.6. The zero-order chi connectivity index (χ0) is 14.5. The fourth-order valence-corrected chi connectivity index (χ4v) is 2.61. The van der Waals surface area contributed by atoms with Crippen LogP contribution >= 0.6 is 0 Å². The Morgan fingerprint density at radius 3 is 2.95 bits per heavy atom. The standard InChI is InChI=1S/C15H20N2O3/c1-2-16-15(20)17-7-6-12(10-17)8-11-4-3-5-13(9-11)14(18)19/h3-5,9,12H,2,6-8,10H2,1H3,(H,16,20)(H,18,19). The first-order valence-corrected chi connectivity index (χ1v) is 6.95. The van der Waals surface area contributed by atoms with Crippen LogP contribution in [0.4, 0.5) is 4.79 Å². The minimum Gasteiger partial charge on any atom is -0.478 e. The van der Waals surface area contributed by atoms with Crippen LogP contribution in [0, 0.1) is 5.92 Å². The van der Waals surface area contributed by atoms with Crippen LogP contribution < -0.4 is 5.32 Å². The van der Waals surface area contributed by atoms with E-state index in [9.17, 15) is 9.59 Å². The summed E-state index contributed by atoms with van der Waals surface area (Å²) in [6.07, 6.45) is 1.78. The van der Waals surface area contributed by atoms with Gasteiger partial charge in [0.1, 0.15) is 0 Å². The Labute approximate surface area is 118 Å². The van der Waals surface area contributed by atoms with Gasteiger partial charge in [-0.3, -0.25) is 0 Å². The van der Waals surface area contributed by atoms with Crippen molar-refractivity contribution in [1.82, 2.24) is 10.2 Å². The summed E-state index contributed by atoms with van der Waals surface area (Å²) in [6.45, 7) is 4.06. The Kier molecular flexibility index (Phi) is 4.61. The van der Waals surface area contributed by atoms with Crippen molar-refractivity contribution in [1.29, 1.82) is 0 Å². The minimum atomic E-state index is -0.901. The van der Waals surface area contributed by atoms with Crippen LogP contribution in [0.5, 0.6) is 0 Å². The molecule has 2 rings (SSSR count). The first kappa shape index (κ1) is 14.4. The van der Waals surface area contributed by atoms with E-state index in [1.807, 2.05) is 17.9 Å². The van der Waals surface area contributed by atoms with Crippen molar-refractivity contribution in [2.75, 3.05) is 19.6 Å². The molecular formula is C15H20N2O3. The fraction of sp³-hybridized carbons (Fsp3) is 0.467. The maximum absolute atomic E-state index is 11.7. The quantitative estimate of drug-likeness (QED) is 0.883. The van der Waals surface area contributed by atoms with Crippen molar-refractivity contribution in [3.8, 4) is 0 Å². The van der Waals surface area contributed by atoms with Crippen LogP contribution in [-0.4, -0.2) is 41.6 Å². The Morgan fingerprint density at radius 2 is 2.25 bits per heavy atom. The van der Waals surface area contributed by atoms with Crippen LogP contribution in [0.3, 0.4) is 0 Å². The highest BCUT2D eigenvalue weighted by atomic mass is 16.4. The number of benzene rings is 1. The summed E-state index contributed by atoms with van der Waals surface area (Å²) < 4.78 is 0. The molecule has 0 aromatic heterocycles. The van der Waals surface area contributed by atoms with Gasteiger partial charge in [0.15, 0.2) is 0 Å². The molecule has 1 aliphatic rings. The van der Waals surface area contributed by atoms with Gasteiger partial charge in [-0.2, -0.15) is 0 Å². The SMILES string of the molecule is CCNC(=O)N1CCC(Cc2cccc(C(=O)O)c2)C1.